The zero-order valence-corrected chi connectivity index (χ0v) is 21.1. The molecule has 1 fully saturated rings. The maximum Gasteiger partial charge on any atom is 0.183 e. The topological polar surface area (TPSA) is 83.6 Å². The van der Waals surface area contributed by atoms with Gasteiger partial charge in [-0.1, -0.05) is 39.0 Å². The van der Waals surface area contributed by atoms with Crippen LogP contribution in [0.15, 0.2) is 46.7 Å². The van der Waals surface area contributed by atoms with Gasteiger partial charge in [-0.05, 0) is 48.7 Å². The predicted molar refractivity (Wildman–Crippen MR) is 127 cm³/mol. The van der Waals surface area contributed by atoms with Crippen molar-refractivity contribution in [1.29, 1.82) is 0 Å². The Morgan fingerprint density at radius 3 is 2.29 bits per heavy atom. The lowest BCUT2D eigenvalue weighted by molar-refractivity contribution is 0.285. The predicted octanol–water partition coefficient (Wildman–Crippen LogP) is 2.88. The quantitative estimate of drug-likeness (QED) is 0.651. The van der Waals surface area contributed by atoms with Crippen LogP contribution in [0, 0.1) is 0 Å². The van der Waals surface area contributed by atoms with Crippen LogP contribution in [0.3, 0.4) is 0 Å². The number of hydrogen-bond acceptors (Lipinski definition) is 7. The lowest BCUT2D eigenvalue weighted by Gasteiger charge is -2.27. The molecule has 0 aliphatic carbocycles. The van der Waals surface area contributed by atoms with E-state index in [0.29, 0.717) is 6.54 Å². The maximum absolute atomic E-state index is 13.4. The Balaban J connectivity index is 1.84. The number of nitrogens with one attached hydrogen (secondary N) is 1. The van der Waals surface area contributed by atoms with Crippen LogP contribution in [-0.2, 0) is 25.1 Å². The van der Waals surface area contributed by atoms with E-state index in [4.69, 9.17) is 0 Å². The summed E-state index contributed by atoms with van der Waals surface area (Å²) in [5, 5.41) is 4.28. The molecule has 1 saturated heterocycles. The summed E-state index contributed by atoms with van der Waals surface area (Å²) in [6, 6.07) is 10.3. The number of hydrogen-bond donors (Lipinski definition) is 1. The fourth-order valence-corrected chi connectivity index (χ4v) is 9.55. The van der Waals surface area contributed by atoms with Gasteiger partial charge in [0.25, 0.3) is 0 Å². The first-order valence-electron chi connectivity index (χ1n) is 10.3. The van der Waals surface area contributed by atoms with E-state index in [2.05, 4.69) is 31.0 Å². The average molecular weight is 485 g/mol. The minimum Gasteiger partial charge on any atom is -0.310 e. The van der Waals surface area contributed by atoms with Gasteiger partial charge in [-0.3, -0.25) is 0 Å². The second kappa shape index (κ2) is 8.94. The van der Waals surface area contributed by atoms with Crippen molar-refractivity contribution in [2.75, 3.05) is 32.1 Å². The third-order valence-corrected chi connectivity index (χ3v) is 11.0. The molecule has 1 aromatic heterocycles. The Morgan fingerprint density at radius 1 is 1.13 bits per heavy atom. The molecule has 1 unspecified atom stereocenters. The van der Waals surface area contributed by atoms with Crippen molar-refractivity contribution in [2.24, 2.45) is 0 Å². The molecule has 1 N–H and O–H groups in total. The standard InChI is InChI=1S/C22H32N2O4S3/c1-22(2,3)16-8-10-17(11-9-16)31(27,28)21-15-30(25,26)14-18(21)23-13-19(24(4)5)20-7-6-12-29-20/h6-12,18-19,21,23H,13-15H2,1-5H3/t18-,19?,21-/m0/s1. The first-order valence-corrected chi connectivity index (χ1v) is 14.5. The number of thiophene rings is 1. The summed E-state index contributed by atoms with van der Waals surface area (Å²) in [6.45, 7) is 6.67. The summed E-state index contributed by atoms with van der Waals surface area (Å²) in [5.41, 5.74) is 0.941. The normalized spacial score (nSPS) is 22.6. The summed E-state index contributed by atoms with van der Waals surface area (Å²) in [5.74, 6) is -0.513. The number of rotatable bonds is 7. The first kappa shape index (κ1) is 24.4. The van der Waals surface area contributed by atoms with E-state index in [9.17, 15) is 16.8 Å². The van der Waals surface area contributed by atoms with E-state index in [1.54, 1.807) is 23.5 Å². The molecule has 3 atom stereocenters. The summed E-state index contributed by atoms with van der Waals surface area (Å²) < 4.78 is 51.6. The maximum atomic E-state index is 13.4. The molecule has 6 nitrogen and oxygen atoms in total. The largest absolute Gasteiger partial charge is 0.310 e. The zero-order chi connectivity index (χ0) is 23.0. The minimum atomic E-state index is -3.80. The van der Waals surface area contributed by atoms with Gasteiger partial charge in [0.05, 0.1) is 27.7 Å². The molecule has 9 heteroatoms. The van der Waals surface area contributed by atoms with Crippen LogP contribution in [0.2, 0.25) is 0 Å². The molecule has 172 valence electrons. The van der Waals surface area contributed by atoms with Gasteiger partial charge in [0, 0.05) is 17.5 Å². The summed E-state index contributed by atoms with van der Waals surface area (Å²) in [4.78, 5) is 3.38. The molecule has 2 aromatic rings. The SMILES string of the molecule is CN(C)C(CN[C@H]1CS(=O)(=O)C[C@@H]1S(=O)(=O)c1ccc(C(C)(C)C)cc1)c1cccs1. The van der Waals surface area contributed by atoms with Crippen LogP contribution in [-0.4, -0.2) is 65.2 Å². The second-order valence-electron chi connectivity index (χ2n) is 9.44. The van der Waals surface area contributed by atoms with Gasteiger partial charge in [0.15, 0.2) is 19.7 Å². The third-order valence-electron chi connectivity index (χ3n) is 5.82. The first-order chi connectivity index (χ1) is 14.3. The van der Waals surface area contributed by atoms with E-state index >= 15 is 0 Å². The summed E-state index contributed by atoms with van der Waals surface area (Å²) in [7, 11) is -3.32. The number of nitrogens with zero attached hydrogens (tertiary/aromatic N) is 1. The van der Waals surface area contributed by atoms with Gasteiger partial charge >= 0.3 is 0 Å². The van der Waals surface area contributed by atoms with Gasteiger partial charge in [0.1, 0.15) is 0 Å². The van der Waals surface area contributed by atoms with Crippen LogP contribution in [0.5, 0.6) is 0 Å². The van der Waals surface area contributed by atoms with Crippen LogP contribution in [0.1, 0.15) is 37.3 Å². The van der Waals surface area contributed by atoms with Crippen LogP contribution in [0.25, 0.3) is 0 Å². The Morgan fingerprint density at radius 2 is 1.77 bits per heavy atom. The van der Waals surface area contributed by atoms with Gasteiger partial charge < -0.3 is 10.2 Å². The molecule has 31 heavy (non-hydrogen) atoms. The number of sulfone groups is 2. The molecule has 1 aromatic carbocycles. The molecule has 0 amide bonds. The van der Waals surface area contributed by atoms with E-state index < -0.39 is 31.0 Å². The van der Waals surface area contributed by atoms with Gasteiger partial charge in [-0.25, -0.2) is 16.8 Å². The van der Waals surface area contributed by atoms with E-state index in [0.717, 1.165) is 10.4 Å². The summed E-state index contributed by atoms with van der Waals surface area (Å²) >= 11 is 1.63. The van der Waals surface area contributed by atoms with Crippen molar-refractivity contribution in [3.63, 3.8) is 0 Å². The molecular weight excluding hydrogens is 452 g/mol. The average Bonchev–Trinajstić information content (AvgIpc) is 3.29. The van der Waals surface area contributed by atoms with Gasteiger partial charge in [-0.2, -0.15) is 0 Å². The highest BCUT2D eigenvalue weighted by atomic mass is 32.2. The zero-order valence-electron chi connectivity index (χ0n) is 18.7. The third kappa shape index (κ3) is 5.57. The Kier molecular flexibility index (Phi) is 7.03. The molecule has 0 bridgehead atoms. The molecule has 3 rings (SSSR count). The van der Waals surface area contributed by atoms with Crippen molar-refractivity contribution >= 4 is 31.0 Å². The molecule has 1 aliphatic rings. The molecule has 2 heterocycles. The number of benzene rings is 1. The Hall–Kier alpha value is -1.26. The van der Waals surface area contributed by atoms with Crippen LogP contribution < -0.4 is 5.32 Å². The van der Waals surface area contributed by atoms with Crippen molar-refractivity contribution in [3.05, 3.63) is 52.2 Å². The molecule has 0 spiro atoms. The fraction of sp³-hybridized carbons (Fsp3) is 0.545. The smallest absolute Gasteiger partial charge is 0.183 e. The lowest BCUT2D eigenvalue weighted by Crippen LogP contribution is -2.46. The van der Waals surface area contributed by atoms with E-state index in [1.807, 2.05) is 43.7 Å². The van der Waals surface area contributed by atoms with Crippen molar-refractivity contribution in [2.45, 2.75) is 48.4 Å². The molecule has 0 saturated carbocycles. The van der Waals surface area contributed by atoms with Gasteiger partial charge in [-0.15, -0.1) is 11.3 Å². The highest BCUT2D eigenvalue weighted by molar-refractivity contribution is 7.96. The monoisotopic (exact) mass is 484 g/mol. The minimum absolute atomic E-state index is 0.0396. The lowest BCUT2D eigenvalue weighted by atomic mass is 9.87. The van der Waals surface area contributed by atoms with Crippen molar-refractivity contribution < 1.29 is 16.8 Å². The fourth-order valence-electron chi connectivity index (χ4n) is 3.91. The van der Waals surface area contributed by atoms with E-state index in [-0.39, 0.29) is 27.9 Å². The Labute approximate surface area is 190 Å². The van der Waals surface area contributed by atoms with Crippen molar-refractivity contribution in [3.8, 4) is 0 Å². The summed E-state index contributed by atoms with van der Waals surface area (Å²) in [6.07, 6.45) is 0. The second-order valence-corrected chi connectivity index (χ2v) is 14.7. The van der Waals surface area contributed by atoms with Crippen LogP contribution >= 0.6 is 11.3 Å². The molecular formula is C22H32N2O4S3. The van der Waals surface area contributed by atoms with Crippen LogP contribution in [0.4, 0.5) is 0 Å². The highest BCUT2D eigenvalue weighted by Crippen LogP contribution is 2.29. The Bertz CT molecular complexity index is 1080. The highest BCUT2D eigenvalue weighted by Gasteiger charge is 2.46. The molecule has 1 aliphatic heterocycles. The number of likely N-dealkylation sites (N-methyl/N-ethyl adjacent to an activating group) is 1. The molecule has 0 radical (unpaired) electrons. The van der Waals surface area contributed by atoms with Gasteiger partial charge in [0.2, 0.25) is 0 Å². The van der Waals surface area contributed by atoms with E-state index in [1.165, 1.54) is 0 Å². The van der Waals surface area contributed by atoms with Crippen molar-refractivity contribution in [1.82, 2.24) is 10.2 Å².